The van der Waals surface area contributed by atoms with E-state index in [1.807, 2.05) is 26.0 Å². The second-order valence-corrected chi connectivity index (χ2v) is 3.86. The van der Waals surface area contributed by atoms with Crippen molar-refractivity contribution in [2.45, 2.75) is 19.9 Å². The zero-order valence-corrected chi connectivity index (χ0v) is 9.66. The van der Waals surface area contributed by atoms with E-state index in [4.69, 9.17) is 5.11 Å². The summed E-state index contributed by atoms with van der Waals surface area (Å²) in [6, 6.07) is 7.63. The lowest BCUT2D eigenvalue weighted by atomic mass is 10.2. The molecular weight excluding hydrogens is 204 g/mol. The number of benzene rings is 1. The molecule has 0 heterocycles. The predicted molar refractivity (Wildman–Crippen MR) is 64.6 cm³/mol. The summed E-state index contributed by atoms with van der Waals surface area (Å²) in [7, 11) is 0. The number of hydrogen-bond acceptors (Lipinski definition) is 3. The molecule has 3 N–H and O–H groups in total. The van der Waals surface area contributed by atoms with Crippen molar-refractivity contribution < 1.29 is 9.90 Å². The van der Waals surface area contributed by atoms with Crippen molar-refractivity contribution in [2.75, 3.05) is 18.5 Å². The molecule has 0 aromatic heterocycles. The van der Waals surface area contributed by atoms with Crippen LogP contribution in [0.5, 0.6) is 0 Å². The SMILES string of the molecule is CC(C)Nc1cccc(C(=O)NCCO)c1. The van der Waals surface area contributed by atoms with Crippen LogP contribution in [0.1, 0.15) is 24.2 Å². The highest BCUT2D eigenvalue weighted by atomic mass is 16.3. The molecule has 4 nitrogen and oxygen atoms in total. The van der Waals surface area contributed by atoms with E-state index >= 15 is 0 Å². The maximum Gasteiger partial charge on any atom is 0.251 e. The summed E-state index contributed by atoms with van der Waals surface area (Å²) < 4.78 is 0. The number of nitrogens with one attached hydrogen (secondary N) is 2. The minimum atomic E-state index is -0.165. The minimum Gasteiger partial charge on any atom is -0.395 e. The number of carbonyl (C=O) groups excluding carboxylic acids is 1. The summed E-state index contributed by atoms with van der Waals surface area (Å²) in [5.74, 6) is -0.165. The van der Waals surface area contributed by atoms with Gasteiger partial charge in [-0.1, -0.05) is 6.07 Å². The molecule has 0 aliphatic heterocycles. The molecule has 0 radical (unpaired) electrons. The molecule has 1 rings (SSSR count). The number of hydrogen-bond donors (Lipinski definition) is 3. The molecule has 1 amide bonds. The van der Waals surface area contributed by atoms with E-state index < -0.39 is 0 Å². The molecular formula is C12H18N2O2. The van der Waals surface area contributed by atoms with Crippen LogP contribution in [-0.2, 0) is 0 Å². The van der Waals surface area contributed by atoms with Crippen LogP contribution in [-0.4, -0.2) is 30.2 Å². The van der Waals surface area contributed by atoms with E-state index in [2.05, 4.69) is 10.6 Å². The molecule has 0 atom stereocenters. The Morgan fingerprint density at radius 1 is 1.44 bits per heavy atom. The van der Waals surface area contributed by atoms with Gasteiger partial charge in [0.15, 0.2) is 0 Å². The van der Waals surface area contributed by atoms with Crippen LogP contribution in [0.25, 0.3) is 0 Å². The van der Waals surface area contributed by atoms with Gasteiger partial charge in [-0.3, -0.25) is 4.79 Å². The van der Waals surface area contributed by atoms with Gasteiger partial charge in [0, 0.05) is 23.8 Å². The molecule has 0 bridgehead atoms. The summed E-state index contributed by atoms with van der Waals surface area (Å²) in [6.07, 6.45) is 0. The number of anilines is 1. The molecule has 0 spiro atoms. The van der Waals surface area contributed by atoms with Crippen LogP contribution < -0.4 is 10.6 Å². The van der Waals surface area contributed by atoms with Gasteiger partial charge in [0.1, 0.15) is 0 Å². The number of carbonyl (C=O) groups is 1. The zero-order valence-electron chi connectivity index (χ0n) is 9.66. The Morgan fingerprint density at radius 2 is 2.19 bits per heavy atom. The Kier molecular flexibility index (Phi) is 4.79. The van der Waals surface area contributed by atoms with E-state index in [1.165, 1.54) is 0 Å². The lowest BCUT2D eigenvalue weighted by molar-refractivity contribution is 0.0945. The highest BCUT2D eigenvalue weighted by molar-refractivity contribution is 5.95. The summed E-state index contributed by atoms with van der Waals surface area (Å²) in [5.41, 5.74) is 1.52. The van der Waals surface area contributed by atoms with Crippen LogP contribution >= 0.6 is 0 Å². The van der Waals surface area contributed by atoms with Gasteiger partial charge in [-0.2, -0.15) is 0 Å². The van der Waals surface area contributed by atoms with Crippen molar-refractivity contribution in [3.8, 4) is 0 Å². The van der Waals surface area contributed by atoms with Crippen LogP contribution in [0.2, 0.25) is 0 Å². The van der Waals surface area contributed by atoms with E-state index in [-0.39, 0.29) is 19.1 Å². The third-order valence-electron chi connectivity index (χ3n) is 1.98. The van der Waals surface area contributed by atoms with Crippen molar-refractivity contribution in [3.63, 3.8) is 0 Å². The Bertz CT molecular complexity index is 351. The molecule has 0 unspecified atom stereocenters. The van der Waals surface area contributed by atoms with Crippen molar-refractivity contribution in [2.24, 2.45) is 0 Å². The Balaban J connectivity index is 2.69. The van der Waals surface area contributed by atoms with Crippen LogP contribution in [0.3, 0.4) is 0 Å². The molecule has 0 fully saturated rings. The van der Waals surface area contributed by atoms with Gasteiger partial charge in [-0.05, 0) is 32.0 Å². The second-order valence-electron chi connectivity index (χ2n) is 3.86. The molecule has 4 heteroatoms. The second kappa shape index (κ2) is 6.12. The third kappa shape index (κ3) is 3.90. The first kappa shape index (κ1) is 12.5. The van der Waals surface area contributed by atoms with Crippen LogP contribution in [0.15, 0.2) is 24.3 Å². The van der Waals surface area contributed by atoms with Crippen LogP contribution in [0, 0.1) is 0 Å². The number of rotatable bonds is 5. The summed E-state index contributed by atoms with van der Waals surface area (Å²) in [4.78, 5) is 11.6. The Hall–Kier alpha value is -1.55. The first-order chi connectivity index (χ1) is 7.63. The summed E-state index contributed by atoms with van der Waals surface area (Å²) in [6.45, 7) is 4.31. The van der Waals surface area contributed by atoms with E-state index in [0.717, 1.165) is 5.69 Å². The summed E-state index contributed by atoms with van der Waals surface area (Å²) in [5, 5.41) is 14.4. The third-order valence-corrected chi connectivity index (χ3v) is 1.98. The van der Waals surface area contributed by atoms with Crippen molar-refractivity contribution in [3.05, 3.63) is 29.8 Å². The smallest absolute Gasteiger partial charge is 0.251 e. The normalized spacial score (nSPS) is 10.2. The van der Waals surface area contributed by atoms with Crippen molar-refractivity contribution in [1.29, 1.82) is 0 Å². The quantitative estimate of drug-likeness (QED) is 0.702. The Labute approximate surface area is 95.7 Å². The van der Waals surface area contributed by atoms with E-state index in [9.17, 15) is 4.79 Å². The van der Waals surface area contributed by atoms with Crippen molar-refractivity contribution in [1.82, 2.24) is 5.32 Å². The fourth-order valence-electron chi connectivity index (χ4n) is 1.36. The highest BCUT2D eigenvalue weighted by Gasteiger charge is 2.05. The number of aliphatic hydroxyl groups excluding tert-OH is 1. The zero-order chi connectivity index (χ0) is 12.0. The monoisotopic (exact) mass is 222 g/mol. The summed E-state index contributed by atoms with van der Waals surface area (Å²) >= 11 is 0. The first-order valence-electron chi connectivity index (χ1n) is 5.39. The van der Waals surface area contributed by atoms with Crippen LogP contribution in [0.4, 0.5) is 5.69 Å². The fraction of sp³-hybridized carbons (Fsp3) is 0.417. The van der Waals surface area contributed by atoms with Gasteiger partial charge in [-0.25, -0.2) is 0 Å². The lowest BCUT2D eigenvalue weighted by Crippen LogP contribution is -2.26. The van der Waals surface area contributed by atoms with Crippen molar-refractivity contribution >= 4 is 11.6 Å². The number of aliphatic hydroxyl groups is 1. The molecule has 0 aliphatic carbocycles. The lowest BCUT2D eigenvalue weighted by Gasteiger charge is -2.11. The van der Waals surface area contributed by atoms with E-state index in [0.29, 0.717) is 11.6 Å². The maximum absolute atomic E-state index is 11.6. The molecule has 0 aliphatic rings. The van der Waals surface area contributed by atoms with Gasteiger partial charge < -0.3 is 15.7 Å². The topological polar surface area (TPSA) is 61.4 Å². The molecule has 1 aromatic rings. The van der Waals surface area contributed by atoms with Gasteiger partial charge in [-0.15, -0.1) is 0 Å². The Morgan fingerprint density at radius 3 is 2.81 bits per heavy atom. The molecule has 88 valence electrons. The minimum absolute atomic E-state index is 0.0460. The van der Waals surface area contributed by atoms with Gasteiger partial charge in [0.25, 0.3) is 5.91 Å². The molecule has 0 saturated carbocycles. The van der Waals surface area contributed by atoms with E-state index in [1.54, 1.807) is 12.1 Å². The van der Waals surface area contributed by atoms with Gasteiger partial charge in [0.05, 0.1) is 6.61 Å². The first-order valence-corrected chi connectivity index (χ1v) is 5.39. The van der Waals surface area contributed by atoms with Gasteiger partial charge >= 0.3 is 0 Å². The largest absolute Gasteiger partial charge is 0.395 e. The molecule has 0 saturated heterocycles. The maximum atomic E-state index is 11.6. The fourth-order valence-corrected chi connectivity index (χ4v) is 1.36. The number of amides is 1. The highest BCUT2D eigenvalue weighted by Crippen LogP contribution is 2.11. The standard InChI is InChI=1S/C12H18N2O2/c1-9(2)14-11-5-3-4-10(8-11)12(16)13-6-7-15/h3-5,8-9,14-15H,6-7H2,1-2H3,(H,13,16). The average Bonchev–Trinajstić information content (AvgIpc) is 2.25. The molecule has 1 aromatic carbocycles. The predicted octanol–water partition coefficient (Wildman–Crippen LogP) is 1.23. The van der Waals surface area contributed by atoms with Gasteiger partial charge in [0.2, 0.25) is 0 Å². The average molecular weight is 222 g/mol. The molecule has 16 heavy (non-hydrogen) atoms.